The predicted octanol–water partition coefficient (Wildman–Crippen LogP) is 3.03. The molecule has 1 aliphatic heterocycles. The van der Waals surface area contributed by atoms with Gasteiger partial charge in [-0.2, -0.15) is 0 Å². The highest BCUT2D eigenvalue weighted by Gasteiger charge is 2.31. The summed E-state index contributed by atoms with van der Waals surface area (Å²) in [6, 6.07) is 2.88. The van der Waals surface area contributed by atoms with E-state index < -0.39 is 19.1 Å². The Kier molecular flexibility index (Phi) is 4.50. The number of hydrogen-bond acceptors (Lipinski definition) is 3. The lowest BCUT2D eigenvalue weighted by molar-refractivity contribution is -0.0500. The van der Waals surface area contributed by atoms with Crippen LogP contribution in [0.3, 0.4) is 0 Å². The number of rotatable bonds is 4. The predicted molar refractivity (Wildman–Crippen MR) is 69.4 cm³/mol. The second-order valence-corrected chi connectivity index (χ2v) is 5.23. The van der Waals surface area contributed by atoms with Gasteiger partial charge in [-0.15, -0.1) is 0 Å². The molecule has 2 N–H and O–H groups in total. The van der Waals surface area contributed by atoms with Gasteiger partial charge in [-0.3, -0.25) is 0 Å². The fourth-order valence-electron chi connectivity index (χ4n) is 1.97. The third-order valence-corrected chi connectivity index (χ3v) is 3.40. The van der Waals surface area contributed by atoms with Crippen LogP contribution in [0.4, 0.5) is 8.78 Å². The first kappa shape index (κ1) is 14.8. The van der Waals surface area contributed by atoms with Crippen molar-refractivity contribution < 1.29 is 18.6 Å². The van der Waals surface area contributed by atoms with Gasteiger partial charge in [0.05, 0.1) is 18.2 Å². The number of aliphatic hydroxyl groups excluding tert-OH is 1. The molecule has 0 amide bonds. The molecule has 19 heavy (non-hydrogen) atoms. The molecule has 0 bridgehead atoms. The van der Waals surface area contributed by atoms with E-state index in [0.29, 0.717) is 34.4 Å². The maximum atomic E-state index is 13.0. The number of nitrogens with one attached hydrogen (secondary N) is 1. The summed E-state index contributed by atoms with van der Waals surface area (Å²) in [5.74, 6) is -2.68. The highest BCUT2D eigenvalue weighted by Crippen LogP contribution is 2.40. The minimum atomic E-state index is -3.15. The van der Waals surface area contributed by atoms with Crippen molar-refractivity contribution in [3.63, 3.8) is 0 Å². The molecule has 0 saturated carbocycles. The maximum Gasteiger partial charge on any atom is 0.282 e. The summed E-state index contributed by atoms with van der Waals surface area (Å²) in [5.41, 5.74) is 0.664. The van der Waals surface area contributed by atoms with Crippen molar-refractivity contribution in [3.05, 3.63) is 27.7 Å². The number of hydrogen-bond donors (Lipinski definition) is 2. The average Bonchev–Trinajstić information content (AvgIpc) is 2.36. The molecule has 1 heterocycles. The third kappa shape index (κ3) is 3.48. The van der Waals surface area contributed by atoms with Gasteiger partial charge in [-0.25, -0.2) is 8.78 Å². The van der Waals surface area contributed by atoms with Crippen molar-refractivity contribution in [2.75, 3.05) is 19.8 Å². The van der Waals surface area contributed by atoms with Crippen LogP contribution in [0.15, 0.2) is 12.1 Å². The van der Waals surface area contributed by atoms with E-state index in [9.17, 15) is 8.78 Å². The Labute approximate surface area is 119 Å². The summed E-state index contributed by atoms with van der Waals surface area (Å²) in [6.45, 7) is -1.42. The number of benzene rings is 1. The maximum absolute atomic E-state index is 13.0. The number of halogens is 4. The second-order valence-electron chi connectivity index (χ2n) is 4.39. The van der Waals surface area contributed by atoms with Crippen molar-refractivity contribution in [1.29, 1.82) is 0 Å². The first-order valence-corrected chi connectivity index (χ1v) is 6.52. The van der Waals surface area contributed by atoms with Gasteiger partial charge >= 0.3 is 0 Å². The van der Waals surface area contributed by atoms with Crippen LogP contribution in [-0.2, 0) is 0 Å². The van der Waals surface area contributed by atoms with E-state index in [-0.39, 0.29) is 6.04 Å². The lowest BCUT2D eigenvalue weighted by atomic mass is 10.0. The Morgan fingerprint density at radius 1 is 1.42 bits per heavy atom. The van der Waals surface area contributed by atoms with Crippen LogP contribution in [0.1, 0.15) is 18.0 Å². The molecule has 0 radical (unpaired) electrons. The van der Waals surface area contributed by atoms with Crippen LogP contribution in [0.25, 0.3) is 0 Å². The number of alkyl halides is 2. The standard InChI is InChI=1S/C12H13Cl2F2NO2/c13-7-3-8-10(17-5-12(15,16)6-18)1-2-19-11(8)9(14)4-7/h3-4,10,17-18H,1-2,5-6H2. The summed E-state index contributed by atoms with van der Waals surface area (Å²) < 4.78 is 31.5. The van der Waals surface area contributed by atoms with Crippen molar-refractivity contribution in [2.45, 2.75) is 18.4 Å². The molecule has 106 valence electrons. The van der Waals surface area contributed by atoms with Crippen LogP contribution in [0.2, 0.25) is 10.0 Å². The van der Waals surface area contributed by atoms with Crippen LogP contribution in [-0.4, -0.2) is 30.8 Å². The molecule has 0 aromatic heterocycles. The van der Waals surface area contributed by atoms with Crippen LogP contribution >= 0.6 is 23.2 Å². The van der Waals surface area contributed by atoms with E-state index in [0.717, 1.165) is 0 Å². The van der Waals surface area contributed by atoms with Gasteiger partial charge in [0, 0.05) is 23.0 Å². The fourth-order valence-corrected chi connectivity index (χ4v) is 2.53. The Morgan fingerprint density at radius 2 is 2.16 bits per heavy atom. The first-order valence-electron chi connectivity index (χ1n) is 5.77. The molecule has 0 saturated heterocycles. The van der Waals surface area contributed by atoms with Gasteiger partial charge in [-0.05, 0) is 12.1 Å². The molecule has 0 aliphatic carbocycles. The number of fused-ring (bicyclic) bond motifs is 1. The molecule has 2 rings (SSSR count). The molecule has 0 spiro atoms. The largest absolute Gasteiger partial charge is 0.492 e. The third-order valence-electron chi connectivity index (χ3n) is 2.90. The van der Waals surface area contributed by atoms with Crippen molar-refractivity contribution in [3.8, 4) is 5.75 Å². The second kappa shape index (κ2) is 5.79. The summed E-state index contributed by atoms with van der Waals surface area (Å²) in [5, 5.41) is 12.1. The molecule has 1 atom stereocenters. The van der Waals surface area contributed by atoms with Crippen LogP contribution in [0, 0.1) is 0 Å². The van der Waals surface area contributed by atoms with Gasteiger partial charge in [0.15, 0.2) is 0 Å². The van der Waals surface area contributed by atoms with Gasteiger partial charge in [0.25, 0.3) is 5.92 Å². The molecule has 0 fully saturated rings. The topological polar surface area (TPSA) is 41.5 Å². The average molecular weight is 312 g/mol. The highest BCUT2D eigenvalue weighted by atomic mass is 35.5. The Hall–Kier alpha value is -0.620. The summed E-state index contributed by atoms with van der Waals surface area (Å²) >= 11 is 11.9. The monoisotopic (exact) mass is 311 g/mol. The minimum Gasteiger partial charge on any atom is -0.492 e. The van der Waals surface area contributed by atoms with Crippen molar-refractivity contribution in [2.24, 2.45) is 0 Å². The van der Waals surface area contributed by atoms with E-state index in [2.05, 4.69) is 5.32 Å². The molecule has 3 nitrogen and oxygen atoms in total. The van der Waals surface area contributed by atoms with Crippen LogP contribution < -0.4 is 10.1 Å². The lowest BCUT2D eigenvalue weighted by Crippen LogP contribution is -2.39. The SMILES string of the molecule is OCC(F)(F)CNC1CCOc2c(Cl)cc(Cl)cc21. The first-order chi connectivity index (χ1) is 8.93. The Balaban J connectivity index is 2.18. The van der Waals surface area contributed by atoms with E-state index in [1.54, 1.807) is 12.1 Å². The minimum absolute atomic E-state index is 0.322. The Bertz CT molecular complexity index is 471. The van der Waals surface area contributed by atoms with E-state index in [1.165, 1.54) is 0 Å². The quantitative estimate of drug-likeness (QED) is 0.898. The van der Waals surface area contributed by atoms with Gasteiger partial charge < -0.3 is 15.2 Å². The van der Waals surface area contributed by atoms with E-state index in [4.69, 9.17) is 33.0 Å². The van der Waals surface area contributed by atoms with Gasteiger partial charge in [0.2, 0.25) is 0 Å². The van der Waals surface area contributed by atoms with Crippen molar-refractivity contribution in [1.82, 2.24) is 5.32 Å². The highest BCUT2D eigenvalue weighted by molar-refractivity contribution is 6.35. The molecular formula is C12H13Cl2F2NO2. The van der Waals surface area contributed by atoms with Crippen molar-refractivity contribution >= 4 is 23.2 Å². The molecule has 1 aromatic rings. The zero-order chi connectivity index (χ0) is 14.0. The zero-order valence-electron chi connectivity index (χ0n) is 9.93. The Morgan fingerprint density at radius 3 is 2.84 bits per heavy atom. The summed E-state index contributed by atoms with van der Waals surface area (Å²) in [4.78, 5) is 0. The zero-order valence-corrected chi connectivity index (χ0v) is 11.4. The van der Waals surface area contributed by atoms with Crippen LogP contribution in [0.5, 0.6) is 5.75 Å². The molecule has 7 heteroatoms. The van der Waals surface area contributed by atoms with E-state index >= 15 is 0 Å². The normalized spacial score (nSPS) is 18.9. The molecular weight excluding hydrogens is 299 g/mol. The molecule has 1 aromatic carbocycles. The number of ether oxygens (including phenoxy) is 1. The smallest absolute Gasteiger partial charge is 0.282 e. The lowest BCUT2D eigenvalue weighted by Gasteiger charge is -2.29. The van der Waals surface area contributed by atoms with Gasteiger partial charge in [-0.1, -0.05) is 23.2 Å². The fraction of sp³-hybridized carbons (Fsp3) is 0.500. The van der Waals surface area contributed by atoms with Gasteiger partial charge in [0.1, 0.15) is 12.4 Å². The molecule has 1 unspecified atom stereocenters. The summed E-state index contributed by atoms with van der Waals surface area (Å²) in [6.07, 6.45) is 0.533. The molecule has 1 aliphatic rings. The number of aliphatic hydroxyl groups is 1. The summed E-state index contributed by atoms with van der Waals surface area (Å²) in [7, 11) is 0. The van der Waals surface area contributed by atoms with E-state index in [1.807, 2.05) is 0 Å².